The normalized spacial score (nSPS) is 14.1. The predicted molar refractivity (Wildman–Crippen MR) is 135 cm³/mol. The fraction of sp³-hybridized carbons (Fsp3) is 0.292. The second-order valence-electron chi connectivity index (χ2n) is 8.07. The van der Waals surface area contributed by atoms with Gasteiger partial charge in [0.1, 0.15) is 4.90 Å². The maximum Gasteiger partial charge on any atom is 0.317 e. The highest BCUT2D eigenvalue weighted by atomic mass is 35.5. The third-order valence-electron chi connectivity index (χ3n) is 5.71. The highest BCUT2D eigenvalue weighted by Crippen LogP contribution is 2.23. The minimum absolute atomic E-state index is 0.0836. The Morgan fingerprint density at radius 1 is 0.943 bits per heavy atom. The van der Waals surface area contributed by atoms with Crippen LogP contribution in [0.1, 0.15) is 16.8 Å². The van der Waals surface area contributed by atoms with Gasteiger partial charge in [-0.2, -0.15) is 0 Å². The first-order chi connectivity index (χ1) is 16.9. The first kappa shape index (κ1) is 24.7. The second kappa shape index (κ2) is 10.9. The van der Waals surface area contributed by atoms with Gasteiger partial charge < -0.3 is 15.1 Å². The quantitative estimate of drug-likeness (QED) is 0.371. The van der Waals surface area contributed by atoms with Gasteiger partial charge in [0.05, 0.1) is 5.52 Å². The number of urea groups is 1. The van der Waals surface area contributed by atoms with Gasteiger partial charge in [-0.3, -0.25) is 14.5 Å². The third kappa shape index (κ3) is 5.83. The summed E-state index contributed by atoms with van der Waals surface area (Å²) in [4.78, 5) is 32.7. The molecule has 0 bridgehead atoms. The molecule has 9 nitrogen and oxygen atoms in total. The van der Waals surface area contributed by atoms with Gasteiger partial charge in [-0.05, 0) is 42.8 Å². The number of halogens is 1. The number of anilines is 1. The van der Waals surface area contributed by atoms with E-state index in [1.807, 2.05) is 0 Å². The van der Waals surface area contributed by atoms with Gasteiger partial charge in [0, 0.05) is 61.4 Å². The zero-order chi connectivity index (χ0) is 24.8. The van der Waals surface area contributed by atoms with Gasteiger partial charge in [-0.15, -0.1) is 11.6 Å². The maximum absolute atomic E-state index is 13.0. The van der Waals surface area contributed by atoms with Gasteiger partial charge in [-0.25, -0.2) is 13.2 Å². The van der Waals surface area contributed by atoms with Gasteiger partial charge in [0.15, 0.2) is 0 Å². The Morgan fingerprint density at radius 3 is 2.34 bits per heavy atom. The fourth-order valence-corrected chi connectivity index (χ4v) is 5.23. The van der Waals surface area contributed by atoms with E-state index in [1.165, 1.54) is 6.07 Å². The number of para-hydroxylation sites is 1. The maximum atomic E-state index is 13.0. The molecule has 0 atom stereocenters. The molecule has 1 fully saturated rings. The van der Waals surface area contributed by atoms with Crippen LogP contribution in [-0.2, 0) is 10.0 Å². The average molecular weight is 516 g/mol. The molecule has 3 aromatic rings. The lowest BCUT2D eigenvalue weighted by atomic mass is 10.1. The number of benzene rings is 2. The molecule has 2 aromatic carbocycles. The van der Waals surface area contributed by atoms with Crippen LogP contribution in [0.2, 0.25) is 0 Å². The number of amides is 3. The van der Waals surface area contributed by atoms with Crippen LogP contribution in [0.3, 0.4) is 0 Å². The van der Waals surface area contributed by atoms with Crippen LogP contribution in [-0.4, -0.2) is 73.7 Å². The van der Waals surface area contributed by atoms with Crippen molar-refractivity contribution in [1.29, 1.82) is 0 Å². The first-order valence-electron chi connectivity index (χ1n) is 11.2. The van der Waals surface area contributed by atoms with E-state index in [4.69, 9.17) is 11.6 Å². The number of hydrogen-bond acceptors (Lipinski definition) is 5. The number of rotatable bonds is 7. The van der Waals surface area contributed by atoms with E-state index in [9.17, 15) is 18.0 Å². The van der Waals surface area contributed by atoms with Crippen molar-refractivity contribution in [3.63, 3.8) is 0 Å². The number of alkyl halides is 1. The Balaban J connectivity index is 1.37. The van der Waals surface area contributed by atoms with E-state index in [-0.39, 0.29) is 16.8 Å². The highest BCUT2D eigenvalue weighted by Gasteiger charge is 2.25. The molecule has 0 saturated carbocycles. The molecule has 1 aliphatic heterocycles. The lowest BCUT2D eigenvalue weighted by Gasteiger charge is -2.34. The smallest absolute Gasteiger partial charge is 0.317 e. The van der Waals surface area contributed by atoms with Crippen molar-refractivity contribution in [1.82, 2.24) is 20.1 Å². The summed E-state index contributed by atoms with van der Waals surface area (Å²) in [5, 5.41) is 3.54. The Bertz CT molecular complexity index is 1300. The van der Waals surface area contributed by atoms with Crippen LogP contribution < -0.4 is 10.0 Å². The summed E-state index contributed by atoms with van der Waals surface area (Å²) >= 11 is 5.63. The summed E-state index contributed by atoms with van der Waals surface area (Å²) < 4.78 is 28.5. The van der Waals surface area contributed by atoms with Gasteiger partial charge in [-0.1, -0.05) is 18.2 Å². The number of hydrogen-bond donors (Lipinski definition) is 2. The summed E-state index contributed by atoms with van der Waals surface area (Å²) in [6.07, 6.45) is 2.26. The van der Waals surface area contributed by atoms with Crippen LogP contribution in [0.15, 0.2) is 65.7 Å². The number of carbonyl (C=O) groups is 2. The molecule has 0 unspecified atom stereocenters. The van der Waals surface area contributed by atoms with Gasteiger partial charge in [0.25, 0.3) is 15.9 Å². The fourth-order valence-electron chi connectivity index (χ4n) is 3.85. The standard InChI is InChI=1S/C24H26ClN5O4S/c25-11-3-13-27-24(32)30-16-14-29(15-17-30)23(31)19-7-9-20(10-8-19)28-35(33,34)21-6-1-4-18-5-2-12-26-22(18)21/h1-2,4-10,12,28H,3,11,13-17H2,(H,27,32). The molecule has 184 valence electrons. The second-order valence-corrected chi connectivity index (χ2v) is 10.1. The van der Waals surface area contributed by atoms with Gasteiger partial charge in [0.2, 0.25) is 0 Å². The molecule has 2 N–H and O–H groups in total. The highest BCUT2D eigenvalue weighted by molar-refractivity contribution is 7.93. The van der Waals surface area contributed by atoms with Crippen molar-refractivity contribution in [2.75, 3.05) is 43.3 Å². The van der Waals surface area contributed by atoms with Crippen LogP contribution in [0.25, 0.3) is 10.9 Å². The Labute approximate surface area is 209 Å². The number of sulfonamides is 1. The molecular weight excluding hydrogens is 490 g/mol. The molecule has 2 heterocycles. The molecular formula is C24H26ClN5O4S. The lowest BCUT2D eigenvalue weighted by molar-refractivity contribution is 0.0665. The summed E-state index contributed by atoms with van der Waals surface area (Å²) in [6, 6.07) is 14.7. The number of pyridine rings is 1. The molecule has 0 aliphatic carbocycles. The van der Waals surface area contributed by atoms with E-state index >= 15 is 0 Å². The number of nitrogens with zero attached hydrogens (tertiary/aromatic N) is 3. The summed E-state index contributed by atoms with van der Waals surface area (Å²) in [7, 11) is -3.87. The van der Waals surface area contributed by atoms with E-state index in [2.05, 4.69) is 15.0 Å². The third-order valence-corrected chi connectivity index (χ3v) is 7.39. The van der Waals surface area contributed by atoms with Crippen molar-refractivity contribution in [2.24, 2.45) is 0 Å². The lowest BCUT2D eigenvalue weighted by Crippen LogP contribution is -2.53. The number of nitrogens with one attached hydrogen (secondary N) is 2. The Kier molecular flexibility index (Phi) is 7.72. The van der Waals surface area contributed by atoms with Crippen molar-refractivity contribution in [3.05, 3.63) is 66.4 Å². The SMILES string of the molecule is O=C(NCCCCl)N1CCN(C(=O)c2ccc(NS(=O)(=O)c3cccc4cccnc34)cc2)CC1. The monoisotopic (exact) mass is 515 g/mol. The minimum Gasteiger partial charge on any atom is -0.338 e. The number of carbonyl (C=O) groups excluding carboxylic acids is 2. The van der Waals surface area contributed by atoms with Crippen molar-refractivity contribution in [2.45, 2.75) is 11.3 Å². The largest absolute Gasteiger partial charge is 0.338 e. The van der Waals surface area contributed by atoms with Gasteiger partial charge >= 0.3 is 6.03 Å². The van der Waals surface area contributed by atoms with Crippen molar-refractivity contribution >= 4 is 50.2 Å². The molecule has 3 amide bonds. The van der Waals surface area contributed by atoms with E-state index in [0.717, 1.165) is 5.39 Å². The Morgan fingerprint density at radius 2 is 1.63 bits per heavy atom. The van der Waals surface area contributed by atoms with Crippen LogP contribution in [0.5, 0.6) is 0 Å². The molecule has 1 aliphatic rings. The predicted octanol–water partition coefficient (Wildman–Crippen LogP) is 3.13. The molecule has 1 aromatic heterocycles. The number of fused-ring (bicyclic) bond motifs is 1. The topological polar surface area (TPSA) is 112 Å². The Hall–Kier alpha value is -3.37. The number of piperazine rings is 1. The van der Waals surface area contributed by atoms with Crippen LogP contribution in [0.4, 0.5) is 10.5 Å². The number of aromatic nitrogens is 1. The summed E-state index contributed by atoms with van der Waals surface area (Å²) in [5.74, 6) is 0.322. The van der Waals surface area contributed by atoms with E-state index < -0.39 is 10.0 Å². The zero-order valence-electron chi connectivity index (χ0n) is 19.0. The molecule has 35 heavy (non-hydrogen) atoms. The van der Waals surface area contributed by atoms with Crippen molar-refractivity contribution in [3.8, 4) is 0 Å². The zero-order valence-corrected chi connectivity index (χ0v) is 20.6. The molecule has 4 rings (SSSR count). The van der Waals surface area contributed by atoms with Crippen molar-refractivity contribution < 1.29 is 18.0 Å². The molecule has 11 heteroatoms. The molecule has 0 spiro atoms. The summed E-state index contributed by atoms with van der Waals surface area (Å²) in [5.41, 5.74) is 1.17. The average Bonchev–Trinajstić information content (AvgIpc) is 2.88. The van der Waals surface area contributed by atoms with E-state index in [0.29, 0.717) is 61.8 Å². The first-order valence-corrected chi connectivity index (χ1v) is 13.3. The van der Waals surface area contributed by atoms with Crippen LogP contribution >= 0.6 is 11.6 Å². The summed E-state index contributed by atoms with van der Waals surface area (Å²) in [6.45, 7) is 2.24. The van der Waals surface area contributed by atoms with E-state index in [1.54, 1.807) is 64.5 Å². The molecule has 0 radical (unpaired) electrons. The molecule has 1 saturated heterocycles. The van der Waals surface area contributed by atoms with Crippen LogP contribution in [0, 0.1) is 0 Å². The minimum atomic E-state index is -3.87.